The molecule has 5 rings (SSSR count). The maximum atomic E-state index is 10.5. The number of pyridine rings is 1. The smallest absolute Gasteiger partial charge is 0.166 e. The van der Waals surface area contributed by atoms with E-state index in [0.717, 1.165) is 79.7 Å². The summed E-state index contributed by atoms with van der Waals surface area (Å²) in [6.45, 7) is 5.99. The van der Waals surface area contributed by atoms with E-state index in [9.17, 15) is 5.11 Å². The summed E-state index contributed by atoms with van der Waals surface area (Å²) in [7, 11) is 0. The Bertz CT molecular complexity index is 1250. The molecule has 1 saturated carbocycles. The van der Waals surface area contributed by atoms with E-state index in [4.69, 9.17) is 15.5 Å². The molecule has 0 unspecified atom stereocenters. The second-order valence-corrected chi connectivity index (χ2v) is 10.9. The van der Waals surface area contributed by atoms with Crippen molar-refractivity contribution in [2.45, 2.75) is 63.6 Å². The average molecular weight is 503 g/mol. The Balaban J connectivity index is 1.25. The van der Waals surface area contributed by atoms with Crippen LogP contribution in [0.5, 0.6) is 5.75 Å². The SMILES string of the molecule is CCN1CCC(c2ncc(-c3cnc(N)c(OCc4cccc(C#CC5(O)CCCC5)c4)c3)s2)CC1. The zero-order valence-electron chi connectivity index (χ0n) is 20.9. The number of benzene rings is 1. The first-order chi connectivity index (χ1) is 17.5. The van der Waals surface area contributed by atoms with Gasteiger partial charge in [0.25, 0.3) is 0 Å². The molecule has 6 nitrogen and oxygen atoms in total. The van der Waals surface area contributed by atoms with Crippen LogP contribution in [0.25, 0.3) is 10.4 Å². The topological polar surface area (TPSA) is 84.5 Å². The van der Waals surface area contributed by atoms with Gasteiger partial charge in [0.15, 0.2) is 11.6 Å². The number of nitrogen functional groups attached to an aromatic ring is 1. The molecule has 1 aliphatic heterocycles. The summed E-state index contributed by atoms with van der Waals surface area (Å²) in [5, 5.41) is 11.7. The molecule has 3 heterocycles. The monoisotopic (exact) mass is 502 g/mol. The third kappa shape index (κ3) is 5.89. The van der Waals surface area contributed by atoms with Crippen LogP contribution >= 0.6 is 11.3 Å². The minimum atomic E-state index is -0.837. The molecular formula is C29H34N4O2S. The third-order valence-corrected chi connectivity index (χ3v) is 8.47. The van der Waals surface area contributed by atoms with Crippen LogP contribution in [0.1, 0.15) is 67.5 Å². The van der Waals surface area contributed by atoms with Gasteiger partial charge in [0.05, 0.1) is 9.88 Å². The molecule has 0 amide bonds. The van der Waals surface area contributed by atoms with Gasteiger partial charge in [0.1, 0.15) is 12.2 Å². The van der Waals surface area contributed by atoms with E-state index in [0.29, 0.717) is 24.1 Å². The minimum absolute atomic E-state index is 0.360. The summed E-state index contributed by atoms with van der Waals surface area (Å²) >= 11 is 1.75. The van der Waals surface area contributed by atoms with E-state index < -0.39 is 5.60 Å². The summed E-state index contributed by atoms with van der Waals surface area (Å²) in [6.07, 6.45) is 9.65. The summed E-state index contributed by atoms with van der Waals surface area (Å²) in [5.74, 6) is 7.68. The number of piperidine rings is 1. The first kappa shape index (κ1) is 24.8. The lowest BCUT2D eigenvalue weighted by Crippen LogP contribution is -2.32. The zero-order valence-corrected chi connectivity index (χ0v) is 21.7. The van der Waals surface area contributed by atoms with E-state index in [1.54, 1.807) is 17.5 Å². The van der Waals surface area contributed by atoms with Crippen molar-refractivity contribution >= 4 is 17.2 Å². The maximum absolute atomic E-state index is 10.5. The molecule has 0 radical (unpaired) electrons. The summed E-state index contributed by atoms with van der Waals surface area (Å²) in [6, 6.07) is 9.88. The van der Waals surface area contributed by atoms with Crippen molar-refractivity contribution < 1.29 is 9.84 Å². The van der Waals surface area contributed by atoms with Crippen LogP contribution in [-0.4, -0.2) is 45.2 Å². The molecule has 2 fully saturated rings. The van der Waals surface area contributed by atoms with Gasteiger partial charge < -0.3 is 20.5 Å². The van der Waals surface area contributed by atoms with Gasteiger partial charge in [-0.05, 0) is 81.9 Å². The number of aromatic nitrogens is 2. The van der Waals surface area contributed by atoms with Crippen LogP contribution in [0.15, 0.2) is 42.7 Å². The number of nitrogens with two attached hydrogens (primary N) is 1. The molecule has 0 spiro atoms. The molecule has 0 atom stereocenters. The number of thiazole rings is 1. The summed E-state index contributed by atoms with van der Waals surface area (Å²) in [4.78, 5) is 12.7. The van der Waals surface area contributed by atoms with Crippen LogP contribution in [0, 0.1) is 11.8 Å². The molecule has 0 bridgehead atoms. The predicted octanol–water partition coefficient (Wildman–Crippen LogP) is 5.22. The second-order valence-electron chi connectivity index (χ2n) is 9.86. The predicted molar refractivity (Wildman–Crippen MR) is 145 cm³/mol. The molecule has 3 N–H and O–H groups in total. The number of rotatable bonds is 6. The second kappa shape index (κ2) is 11.0. The lowest BCUT2D eigenvalue weighted by atomic mass is 9.98. The quantitative estimate of drug-likeness (QED) is 0.450. The van der Waals surface area contributed by atoms with Crippen LogP contribution in [0.2, 0.25) is 0 Å². The highest BCUT2D eigenvalue weighted by Gasteiger charge is 2.28. The molecule has 1 aliphatic carbocycles. The van der Waals surface area contributed by atoms with Crippen molar-refractivity contribution in [2.75, 3.05) is 25.4 Å². The maximum Gasteiger partial charge on any atom is 0.166 e. The minimum Gasteiger partial charge on any atom is -0.485 e. The third-order valence-electron chi connectivity index (χ3n) is 7.27. The number of anilines is 1. The Hall–Kier alpha value is -2.92. The van der Waals surface area contributed by atoms with Crippen molar-refractivity contribution in [3.05, 3.63) is 58.9 Å². The average Bonchev–Trinajstić information content (AvgIpc) is 3.58. The van der Waals surface area contributed by atoms with E-state index in [1.807, 2.05) is 36.5 Å². The van der Waals surface area contributed by atoms with Crippen LogP contribution in [0.4, 0.5) is 5.82 Å². The zero-order chi connectivity index (χ0) is 25.0. The normalized spacial score (nSPS) is 18.1. The fourth-order valence-electron chi connectivity index (χ4n) is 4.98. The van der Waals surface area contributed by atoms with Crippen molar-refractivity contribution in [3.8, 4) is 28.0 Å². The van der Waals surface area contributed by atoms with Gasteiger partial charge in [0.2, 0.25) is 0 Å². The number of hydrogen-bond donors (Lipinski definition) is 2. The van der Waals surface area contributed by atoms with Crippen LogP contribution in [-0.2, 0) is 6.61 Å². The van der Waals surface area contributed by atoms with E-state index in [-0.39, 0.29) is 0 Å². The van der Waals surface area contributed by atoms with Crippen LogP contribution in [0.3, 0.4) is 0 Å². The van der Waals surface area contributed by atoms with Gasteiger partial charge in [-0.1, -0.05) is 30.9 Å². The molecular weight excluding hydrogens is 468 g/mol. The van der Waals surface area contributed by atoms with Crippen molar-refractivity contribution in [1.82, 2.24) is 14.9 Å². The van der Waals surface area contributed by atoms with Gasteiger partial charge in [-0.2, -0.15) is 0 Å². The molecule has 1 saturated heterocycles. The number of nitrogens with zero attached hydrogens (tertiary/aromatic N) is 3. The first-order valence-corrected chi connectivity index (χ1v) is 13.7. The van der Waals surface area contributed by atoms with E-state index in [2.05, 4.69) is 28.6 Å². The van der Waals surface area contributed by atoms with Crippen molar-refractivity contribution in [3.63, 3.8) is 0 Å². The molecule has 188 valence electrons. The summed E-state index contributed by atoms with van der Waals surface area (Å²) in [5.41, 5.74) is 8.14. The number of ether oxygens (including phenoxy) is 1. The van der Waals surface area contributed by atoms with Gasteiger partial charge in [0, 0.05) is 29.4 Å². The molecule has 36 heavy (non-hydrogen) atoms. The standard InChI is InChI=1S/C29H34N4O2S/c1-2-33-14-9-23(10-15-33)28-32-19-26(36-28)24-17-25(27(30)31-18-24)35-20-22-7-5-6-21(16-22)8-13-29(34)11-3-4-12-29/h5-7,16-19,23,34H,2-4,9-12,14-15,20H2,1H3,(H2,30,31). The number of aliphatic hydroxyl groups is 1. The van der Waals surface area contributed by atoms with Crippen molar-refractivity contribution in [1.29, 1.82) is 0 Å². The number of likely N-dealkylation sites (tertiary alicyclic amines) is 1. The fourth-order valence-corrected chi connectivity index (χ4v) is 6.05. The molecule has 2 aliphatic rings. The van der Waals surface area contributed by atoms with Crippen LogP contribution < -0.4 is 10.5 Å². The Morgan fingerprint density at radius 3 is 2.75 bits per heavy atom. The summed E-state index contributed by atoms with van der Waals surface area (Å²) < 4.78 is 6.08. The number of hydrogen-bond acceptors (Lipinski definition) is 7. The lowest BCUT2D eigenvalue weighted by Gasteiger charge is -2.29. The first-order valence-electron chi connectivity index (χ1n) is 12.9. The molecule has 7 heteroatoms. The lowest BCUT2D eigenvalue weighted by molar-refractivity contribution is 0.110. The fraction of sp³-hybridized carbons (Fsp3) is 0.448. The van der Waals surface area contributed by atoms with Gasteiger partial charge >= 0.3 is 0 Å². The van der Waals surface area contributed by atoms with Gasteiger partial charge in [-0.3, -0.25) is 0 Å². The Labute approximate surface area is 217 Å². The highest BCUT2D eigenvalue weighted by Crippen LogP contribution is 2.36. The highest BCUT2D eigenvalue weighted by molar-refractivity contribution is 7.15. The van der Waals surface area contributed by atoms with Gasteiger partial charge in [-0.25, -0.2) is 9.97 Å². The molecule has 3 aromatic rings. The van der Waals surface area contributed by atoms with E-state index in [1.165, 1.54) is 5.01 Å². The van der Waals surface area contributed by atoms with Crippen molar-refractivity contribution in [2.24, 2.45) is 0 Å². The Morgan fingerprint density at radius 2 is 1.97 bits per heavy atom. The van der Waals surface area contributed by atoms with E-state index >= 15 is 0 Å². The molecule has 2 aromatic heterocycles. The Kier molecular flexibility index (Phi) is 7.56. The molecule has 1 aromatic carbocycles. The Morgan fingerprint density at radius 1 is 1.17 bits per heavy atom. The highest BCUT2D eigenvalue weighted by atomic mass is 32.1. The largest absolute Gasteiger partial charge is 0.485 e. The van der Waals surface area contributed by atoms with Gasteiger partial charge in [-0.15, -0.1) is 11.3 Å².